The lowest BCUT2D eigenvalue weighted by Gasteiger charge is -2.40. The van der Waals surface area contributed by atoms with E-state index in [0.717, 1.165) is 64.2 Å². The number of allylic oxidation sites excluding steroid dienone is 8. The van der Waals surface area contributed by atoms with E-state index in [-0.39, 0.29) is 25.9 Å². The van der Waals surface area contributed by atoms with Crippen LogP contribution >= 0.6 is 0 Å². The Morgan fingerprint density at radius 1 is 0.493 bits per heavy atom. The van der Waals surface area contributed by atoms with Gasteiger partial charge in [0.2, 0.25) is 0 Å². The van der Waals surface area contributed by atoms with E-state index < -0.39 is 67.3 Å². The van der Waals surface area contributed by atoms with Crippen molar-refractivity contribution < 1.29 is 58.2 Å². The molecule has 3 N–H and O–H groups in total. The first-order valence-electron chi connectivity index (χ1n) is 27.6. The molecule has 1 saturated heterocycles. The van der Waals surface area contributed by atoms with Gasteiger partial charge in [-0.3, -0.25) is 14.4 Å². The van der Waals surface area contributed by atoms with Crippen LogP contribution in [0, 0.1) is 0 Å². The van der Waals surface area contributed by atoms with Gasteiger partial charge in [0.15, 0.2) is 24.6 Å². The van der Waals surface area contributed by atoms with Gasteiger partial charge in [-0.05, 0) is 44.9 Å². The molecule has 12 heteroatoms. The number of hydrogen-bond acceptors (Lipinski definition) is 11. The van der Waals surface area contributed by atoms with E-state index in [9.17, 15) is 34.5 Å². The molecule has 6 unspecified atom stereocenters. The summed E-state index contributed by atoms with van der Waals surface area (Å²) in [6.45, 7) is 5.80. The highest BCUT2D eigenvalue weighted by Gasteiger charge is 2.50. The molecular weight excluding hydrogens is 877 g/mol. The van der Waals surface area contributed by atoms with Crippen molar-refractivity contribution in [3.8, 4) is 0 Å². The average Bonchev–Trinajstić information content (AvgIpc) is 3.33. The number of rotatable bonds is 46. The van der Waals surface area contributed by atoms with Crippen LogP contribution in [0.1, 0.15) is 239 Å². The monoisotopic (exact) mass is 975 g/mol. The second-order valence-electron chi connectivity index (χ2n) is 18.9. The maximum Gasteiger partial charge on any atom is 0.335 e. The van der Waals surface area contributed by atoms with Crippen molar-refractivity contribution in [2.75, 3.05) is 13.2 Å². The zero-order valence-corrected chi connectivity index (χ0v) is 43.6. The third-order valence-electron chi connectivity index (χ3n) is 12.4. The maximum atomic E-state index is 13.0. The molecule has 0 spiro atoms. The Bertz CT molecular complexity index is 1390. The molecule has 6 atom stereocenters. The number of ether oxygens (including phenoxy) is 5. The van der Waals surface area contributed by atoms with Crippen LogP contribution in [0.3, 0.4) is 0 Å². The third-order valence-corrected chi connectivity index (χ3v) is 12.4. The fourth-order valence-corrected chi connectivity index (χ4v) is 8.21. The summed E-state index contributed by atoms with van der Waals surface area (Å²) < 4.78 is 28.2. The van der Waals surface area contributed by atoms with Crippen molar-refractivity contribution in [1.29, 1.82) is 0 Å². The molecule has 0 radical (unpaired) electrons. The zero-order chi connectivity index (χ0) is 50.4. The van der Waals surface area contributed by atoms with Crippen molar-refractivity contribution in [3.05, 3.63) is 48.6 Å². The fourth-order valence-electron chi connectivity index (χ4n) is 8.21. The highest BCUT2D eigenvalue weighted by atomic mass is 16.7. The zero-order valence-electron chi connectivity index (χ0n) is 43.6. The Morgan fingerprint density at radius 3 is 1.36 bits per heavy atom. The highest BCUT2D eigenvalue weighted by molar-refractivity contribution is 5.74. The van der Waals surface area contributed by atoms with Crippen molar-refractivity contribution >= 4 is 23.9 Å². The topological polar surface area (TPSA) is 175 Å². The van der Waals surface area contributed by atoms with Crippen LogP contribution in [-0.4, -0.2) is 89.2 Å². The van der Waals surface area contributed by atoms with Crippen LogP contribution in [0.25, 0.3) is 0 Å². The number of aliphatic hydroxyl groups is 2. The van der Waals surface area contributed by atoms with Gasteiger partial charge in [0.25, 0.3) is 0 Å². The van der Waals surface area contributed by atoms with E-state index in [1.807, 2.05) is 12.2 Å². The minimum atomic E-state index is -1.91. The van der Waals surface area contributed by atoms with Gasteiger partial charge in [0.05, 0.1) is 6.61 Å². The molecule has 1 aliphatic heterocycles. The predicted octanol–water partition coefficient (Wildman–Crippen LogP) is 13.4. The Hall–Kier alpha value is -3.32. The summed E-state index contributed by atoms with van der Waals surface area (Å²) in [5.41, 5.74) is 0. The van der Waals surface area contributed by atoms with Crippen LogP contribution in [0.4, 0.5) is 0 Å². The molecular formula is C57H98O12. The normalized spacial score (nSPS) is 19.0. The van der Waals surface area contributed by atoms with Gasteiger partial charge in [0, 0.05) is 19.3 Å². The Balaban J connectivity index is 2.74. The van der Waals surface area contributed by atoms with E-state index >= 15 is 0 Å². The number of aliphatic carboxylic acids is 1. The molecule has 0 bridgehead atoms. The Labute approximate surface area is 418 Å². The SMILES string of the molecule is CC/C=C\C/C=C\C/C=C\C/C=C\CCC(=O)OC(COC(=O)CCCCCCCCCCCCCCCCC)COC1OC(C(=O)O)C(O)C(O)C1OC(=O)CCCCCCCCCCCCC. The number of aliphatic hydroxyl groups excluding tert-OH is 2. The molecule has 1 rings (SSSR count). The first kappa shape index (κ1) is 63.7. The summed E-state index contributed by atoms with van der Waals surface area (Å²) in [6.07, 6.45) is 41.2. The van der Waals surface area contributed by atoms with Gasteiger partial charge in [-0.2, -0.15) is 0 Å². The summed E-state index contributed by atoms with van der Waals surface area (Å²) >= 11 is 0. The van der Waals surface area contributed by atoms with Crippen LogP contribution in [-0.2, 0) is 42.9 Å². The minimum absolute atomic E-state index is 0.0447. The van der Waals surface area contributed by atoms with Crippen LogP contribution < -0.4 is 0 Å². The smallest absolute Gasteiger partial charge is 0.335 e. The van der Waals surface area contributed by atoms with Gasteiger partial charge in [-0.15, -0.1) is 0 Å². The molecule has 0 aliphatic carbocycles. The third kappa shape index (κ3) is 36.3. The molecule has 0 aromatic rings. The van der Waals surface area contributed by atoms with Crippen LogP contribution in [0.2, 0.25) is 0 Å². The standard InChI is InChI=1S/C57H98O12/c1-4-7-10-13-16-19-22-24-25-27-29-31-34-37-40-43-49(58)65-46-48(67-50(59)44-41-38-35-33-30-26-23-20-17-14-11-8-5-2)47-66-57-55(53(62)52(61)54(69-57)56(63)64)68-51(60)45-42-39-36-32-28-21-18-15-12-9-6-3/h8,11,17,20,26,30,35,38,48,52-55,57,61-62H,4-7,9-10,12-16,18-19,21-25,27-29,31-34,36-37,39-47H2,1-3H3,(H,63,64)/b11-8-,20-17-,30-26-,38-35-. The van der Waals surface area contributed by atoms with Gasteiger partial charge in [-0.1, -0.05) is 223 Å². The van der Waals surface area contributed by atoms with Crippen molar-refractivity contribution in [2.24, 2.45) is 0 Å². The van der Waals surface area contributed by atoms with Crippen LogP contribution in [0.5, 0.6) is 0 Å². The number of carboxylic acids is 1. The second kappa shape index (κ2) is 45.8. The molecule has 398 valence electrons. The molecule has 0 aromatic carbocycles. The van der Waals surface area contributed by atoms with Gasteiger partial charge >= 0.3 is 23.9 Å². The van der Waals surface area contributed by atoms with E-state index in [1.165, 1.54) is 109 Å². The number of carbonyl (C=O) groups is 4. The molecule has 12 nitrogen and oxygen atoms in total. The van der Waals surface area contributed by atoms with E-state index in [2.05, 4.69) is 57.2 Å². The molecule has 1 aliphatic rings. The van der Waals surface area contributed by atoms with Crippen molar-refractivity contribution in [3.63, 3.8) is 0 Å². The first-order valence-corrected chi connectivity index (χ1v) is 27.6. The Kier molecular flexibility index (Phi) is 42.3. The number of hydrogen-bond donors (Lipinski definition) is 3. The number of unbranched alkanes of at least 4 members (excludes halogenated alkanes) is 24. The summed E-state index contributed by atoms with van der Waals surface area (Å²) in [6, 6.07) is 0. The average molecular weight is 975 g/mol. The molecule has 0 saturated carbocycles. The molecule has 0 aromatic heterocycles. The van der Waals surface area contributed by atoms with Crippen molar-refractivity contribution in [1.82, 2.24) is 0 Å². The number of esters is 3. The lowest BCUT2D eigenvalue weighted by atomic mass is 9.98. The Morgan fingerprint density at radius 2 is 0.913 bits per heavy atom. The van der Waals surface area contributed by atoms with E-state index in [0.29, 0.717) is 25.7 Å². The van der Waals surface area contributed by atoms with Crippen molar-refractivity contribution in [2.45, 2.75) is 276 Å². The lowest BCUT2D eigenvalue weighted by molar-refractivity contribution is -0.301. The number of carboxylic acid groups (broad SMARTS) is 1. The second-order valence-corrected chi connectivity index (χ2v) is 18.9. The molecule has 1 heterocycles. The fraction of sp³-hybridized carbons (Fsp3) is 0.789. The minimum Gasteiger partial charge on any atom is -0.479 e. The van der Waals surface area contributed by atoms with Gasteiger partial charge in [-0.25, -0.2) is 4.79 Å². The quantitative estimate of drug-likeness (QED) is 0.0228. The number of carbonyl (C=O) groups excluding carboxylic acids is 3. The summed E-state index contributed by atoms with van der Waals surface area (Å²) in [7, 11) is 0. The highest BCUT2D eigenvalue weighted by Crippen LogP contribution is 2.26. The summed E-state index contributed by atoms with van der Waals surface area (Å²) in [5.74, 6) is -3.21. The summed E-state index contributed by atoms with van der Waals surface area (Å²) in [5, 5.41) is 31.3. The van der Waals surface area contributed by atoms with E-state index in [4.69, 9.17) is 23.7 Å². The lowest BCUT2D eigenvalue weighted by Crippen LogP contribution is -2.61. The van der Waals surface area contributed by atoms with Gasteiger partial charge < -0.3 is 39.0 Å². The van der Waals surface area contributed by atoms with Crippen LogP contribution in [0.15, 0.2) is 48.6 Å². The first-order chi connectivity index (χ1) is 33.6. The predicted molar refractivity (Wildman–Crippen MR) is 276 cm³/mol. The van der Waals surface area contributed by atoms with E-state index in [1.54, 1.807) is 0 Å². The molecule has 69 heavy (non-hydrogen) atoms. The molecule has 1 fully saturated rings. The largest absolute Gasteiger partial charge is 0.479 e. The summed E-state index contributed by atoms with van der Waals surface area (Å²) in [4.78, 5) is 50.8. The van der Waals surface area contributed by atoms with Gasteiger partial charge in [0.1, 0.15) is 18.8 Å². The maximum absolute atomic E-state index is 13.0. The molecule has 0 amide bonds.